The molecule has 1 aliphatic rings. The van der Waals surface area contributed by atoms with Crippen LogP contribution in [0, 0.1) is 0 Å². The second-order valence-electron chi connectivity index (χ2n) is 5.45. The Hall–Kier alpha value is -1.35. The highest BCUT2D eigenvalue weighted by Gasteiger charge is 2.22. The first-order valence-electron chi connectivity index (χ1n) is 7.21. The van der Waals surface area contributed by atoms with E-state index in [2.05, 4.69) is 29.8 Å². The Morgan fingerprint density at radius 2 is 2.05 bits per heavy atom. The summed E-state index contributed by atoms with van der Waals surface area (Å²) in [7, 11) is 2.17. The van der Waals surface area contributed by atoms with E-state index in [9.17, 15) is 4.79 Å². The molecule has 1 unspecified atom stereocenters. The number of carbonyl (C=O) groups excluding carboxylic acids is 1. The second-order valence-corrected chi connectivity index (χ2v) is 5.45. The van der Waals surface area contributed by atoms with Gasteiger partial charge in [0.1, 0.15) is 0 Å². The van der Waals surface area contributed by atoms with Crippen molar-refractivity contribution in [1.82, 2.24) is 4.90 Å². The van der Waals surface area contributed by atoms with Crippen LogP contribution in [-0.2, 0) is 0 Å². The van der Waals surface area contributed by atoms with Gasteiger partial charge < -0.3 is 9.80 Å². The first kappa shape index (κ1) is 14.1. The maximum absolute atomic E-state index is 12.1. The molecule has 1 atom stereocenters. The monoisotopic (exact) mass is 260 g/mol. The number of rotatable bonds is 3. The third-order valence-corrected chi connectivity index (χ3v) is 3.88. The van der Waals surface area contributed by atoms with Crippen LogP contribution in [-0.4, -0.2) is 43.4 Å². The fourth-order valence-corrected chi connectivity index (χ4v) is 2.88. The zero-order valence-corrected chi connectivity index (χ0v) is 12.2. The van der Waals surface area contributed by atoms with Crippen molar-refractivity contribution in [2.75, 3.05) is 31.6 Å². The van der Waals surface area contributed by atoms with Crippen molar-refractivity contribution in [3.63, 3.8) is 0 Å². The van der Waals surface area contributed by atoms with Crippen LogP contribution in [0.2, 0.25) is 0 Å². The van der Waals surface area contributed by atoms with E-state index in [0.717, 1.165) is 37.3 Å². The lowest BCUT2D eigenvalue weighted by atomic mass is 10.0. The Balaban J connectivity index is 2.32. The lowest BCUT2D eigenvalue weighted by Gasteiger charge is -2.31. The second kappa shape index (κ2) is 6.20. The third kappa shape index (κ3) is 3.16. The summed E-state index contributed by atoms with van der Waals surface area (Å²) in [4.78, 5) is 16.9. The highest BCUT2D eigenvalue weighted by molar-refractivity contribution is 6.01. The molecule has 3 heteroatoms. The number of ketones is 1. The van der Waals surface area contributed by atoms with Crippen LogP contribution in [0.15, 0.2) is 24.3 Å². The molecular formula is C16H24N2O. The number of carbonyl (C=O) groups is 1. The van der Waals surface area contributed by atoms with Gasteiger partial charge in [0.2, 0.25) is 0 Å². The van der Waals surface area contributed by atoms with E-state index in [-0.39, 0.29) is 5.78 Å². The van der Waals surface area contributed by atoms with Crippen LogP contribution in [0.3, 0.4) is 0 Å². The highest BCUT2D eigenvalue weighted by Crippen LogP contribution is 2.25. The number of likely N-dealkylation sites (N-methyl/N-ethyl adjacent to an activating group) is 1. The van der Waals surface area contributed by atoms with E-state index in [0.29, 0.717) is 12.5 Å². The van der Waals surface area contributed by atoms with Gasteiger partial charge in [-0.25, -0.2) is 0 Å². The minimum atomic E-state index is 0.236. The predicted molar refractivity (Wildman–Crippen MR) is 80.0 cm³/mol. The Morgan fingerprint density at radius 3 is 2.79 bits per heavy atom. The van der Waals surface area contributed by atoms with Crippen LogP contribution in [0.1, 0.15) is 37.0 Å². The van der Waals surface area contributed by atoms with Crippen molar-refractivity contribution >= 4 is 11.5 Å². The van der Waals surface area contributed by atoms with E-state index < -0.39 is 0 Å². The van der Waals surface area contributed by atoms with Gasteiger partial charge in [0.25, 0.3) is 0 Å². The van der Waals surface area contributed by atoms with E-state index in [4.69, 9.17) is 0 Å². The molecule has 0 bridgehead atoms. The largest absolute Gasteiger partial charge is 0.367 e. The minimum absolute atomic E-state index is 0.236. The van der Waals surface area contributed by atoms with Gasteiger partial charge in [-0.2, -0.15) is 0 Å². The molecule has 1 saturated heterocycles. The molecule has 1 fully saturated rings. The summed E-state index contributed by atoms with van der Waals surface area (Å²) in [5, 5.41) is 0. The molecule has 2 rings (SSSR count). The Labute approximate surface area is 116 Å². The average Bonchev–Trinajstić information content (AvgIpc) is 2.58. The van der Waals surface area contributed by atoms with Crippen LogP contribution in [0.25, 0.3) is 0 Å². The lowest BCUT2D eigenvalue weighted by Crippen LogP contribution is -2.38. The number of para-hydroxylation sites is 1. The standard InChI is InChI=1S/C16H24N2O/c1-4-16(19)14-8-5-6-9-15(14)18-11-7-10-17(3)12-13(18)2/h5-6,8-9,13H,4,7,10-12H2,1-3H3. The smallest absolute Gasteiger partial charge is 0.164 e. The molecule has 0 aromatic heterocycles. The van der Waals surface area contributed by atoms with Crippen molar-refractivity contribution in [2.24, 2.45) is 0 Å². The molecule has 1 aromatic rings. The van der Waals surface area contributed by atoms with E-state index in [1.165, 1.54) is 0 Å². The summed E-state index contributed by atoms with van der Waals surface area (Å²) < 4.78 is 0. The van der Waals surface area contributed by atoms with E-state index in [1.807, 2.05) is 25.1 Å². The third-order valence-electron chi connectivity index (χ3n) is 3.88. The molecule has 0 saturated carbocycles. The molecule has 1 aromatic carbocycles. The highest BCUT2D eigenvalue weighted by atomic mass is 16.1. The molecule has 0 N–H and O–H groups in total. The summed E-state index contributed by atoms with van der Waals surface area (Å²) in [6, 6.07) is 8.48. The molecule has 1 aliphatic heterocycles. The number of hydrogen-bond acceptors (Lipinski definition) is 3. The van der Waals surface area contributed by atoms with Gasteiger partial charge >= 0.3 is 0 Å². The van der Waals surface area contributed by atoms with E-state index >= 15 is 0 Å². The number of nitrogens with zero attached hydrogens (tertiary/aromatic N) is 2. The van der Waals surface area contributed by atoms with Gasteiger partial charge in [-0.15, -0.1) is 0 Å². The first-order chi connectivity index (χ1) is 9.13. The van der Waals surface area contributed by atoms with Crippen LogP contribution in [0.4, 0.5) is 5.69 Å². The Bertz CT molecular complexity index is 444. The average molecular weight is 260 g/mol. The Kier molecular flexibility index (Phi) is 4.59. The molecule has 104 valence electrons. The molecular weight excluding hydrogens is 236 g/mol. The van der Waals surface area contributed by atoms with Gasteiger partial charge in [0.05, 0.1) is 0 Å². The van der Waals surface area contributed by atoms with Gasteiger partial charge in [0.15, 0.2) is 5.78 Å². The zero-order chi connectivity index (χ0) is 13.8. The maximum atomic E-state index is 12.1. The number of benzene rings is 1. The summed E-state index contributed by atoms with van der Waals surface area (Å²) in [5.41, 5.74) is 1.98. The summed E-state index contributed by atoms with van der Waals surface area (Å²) in [6.45, 7) is 7.38. The molecule has 1 heterocycles. The molecule has 19 heavy (non-hydrogen) atoms. The fraction of sp³-hybridized carbons (Fsp3) is 0.562. The normalized spacial score (nSPS) is 21.2. The SMILES string of the molecule is CCC(=O)c1ccccc1N1CCCN(C)CC1C. The molecule has 0 spiro atoms. The molecule has 0 aliphatic carbocycles. The van der Waals surface area contributed by atoms with Crippen molar-refractivity contribution in [3.8, 4) is 0 Å². The summed E-state index contributed by atoms with van der Waals surface area (Å²) >= 11 is 0. The summed E-state index contributed by atoms with van der Waals surface area (Å²) in [6.07, 6.45) is 1.72. The maximum Gasteiger partial charge on any atom is 0.164 e. The van der Waals surface area contributed by atoms with Gasteiger partial charge in [-0.1, -0.05) is 19.1 Å². The summed E-state index contributed by atoms with van der Waals surface area (Å²) in [5.74, 6) is 0.236. The van der Waals surface area contributed by atoms with Crippen molar-refractivity contribution in [2.45, 2.75) is 32.7 Å². The quantitative estimate of drug-likeness (QED) is 0.781. The van der Waals surface area contributed by atoms with Crippen LogP contribution in [0.5, 0.6) is 0 Å². The van der Waals surface area contributed by atoms with E-state index in [1.54, 1.807) is 0 Å². The van der Waals surface area contributed by atoms with Gasteiger partial charge in [-0.3, -0.25) is 4.79 Å². The lowest BCUT2D eigenvalue weighted by molar-refractivity contribution is 0.0988. The first-order valence-corrected chi connectivity index (χ1v) is 7.21. The van der Waals surface area contributed by atoms with Crippen LogP contribution >= 0.6 is 0 Å². The topological polar surface area (TPSA) is 23.6 Å². The molecule has 0 radical (unpaired) electrons. The number of Topliss-reactive ketones (excluding diaryl/α,β-unsaturated/α-hetero) is 1. The van der Waals surface area contributed by atoms with Crippen molar-refractivity contribution < 1.29 is 4.79 Å². The van der Waals surface area contributed by atoms with Gasteiger partial charge in [-0.05, 0) is 39.1 Å². The fourth-order valence-electron chi connectivity index (χ4n) is 2.88. The minimum Gasteiger partial charge on any atom is -0.367 e. The van der Waals surface area contributed by atoms with Crippen molar-refractivity contribution in [3.05, 3.63) is 29.8 Å². The molecule has 3 nitrogen and oxygen atoms in total. The van der Waals surface area contributed by atoms with Crippen molar-refractivity contribution in [1.29, 1.82) is 0 Å². The number of hydrogen-bond donors (Lipinski definition) is 0. The Morgan fingerprint density at radius 1 is 1.32 bits per heavy atom. The molecule has 0 amide bonds. The number of anilines is 1. The zero-order valence-electron chi connectivity index (χ0n) is 12.2. The van der Waals surface area contributed by atoms with Gasteiger partial charge in [0, 0.05) is 36.8 Å². The predicted octanol–water partition coefficient (Wildman–Crippen LogP) is 2.81. The van der Waals surface area contributed by atoms with Crippen LogP contribution < -0.4 is 4.90 Å².